The Labute approximate surface area is 71.6 Å². The van der Waals surface area contributed by atoms with Crippen molar-refractivity contribution in [2.45, 2.75) is 19.7 Å². The summed E-state index contributed by atoms with van der Waals surface area (Å²) in [5.41, 5.74) is 3.09. The quantitative estimate of drug-likeness (QED) is 0.643. The van der Waals surface area contributed by atoms with E-state index in [1.165, 1.54) is 5.56 Å². The molecule has 0 amide bonds. The van der Waals surface area contributed by atoms with E-state index < -0.39 is 0 Å². The number of phenolic OH excluding ortho intramolecular Hbond substituents is 1. The summed E-state index contributed by atoms with van der Waals surface area (Å²) in [6.45, 7) is 3.97. The third kappa shape index (κ3) is 1.48. The Bertz CT molecular complexity index is 269. The lowest BCUT2D eigenvalue weighted by atomic mass is 10.0. The molecule has 1 nitrogen and oxygen atoms in total. The highest BCUT2D eigenvalue weighted by Crippen LogP contribution is 2.24. The zero-order valence-electron chi connectivity index (χ0n) is 6.69. The Morgan fingerprint density at radius 3 is 2.45 bits per heavy atom. The maximum Gasteiger partial charge on any atom is 0.120 e. The zero-order chi connectivity index (χ0) is 8.43. The van der Waals surface area contributed by atoms with E-state index in [1.807, 2.05) is 19.9 Å². The van der Waals surface area contributed by atoms with Crippen molar-refractivity contribution in [3.8, 4) is 5.75 Å². The van der Waals surface area contributed by atoms with Gasteiger partial charge in [0.1, 0.15) is 5.75 Å². The van der Waals surface area contributed by atoms with Crippen LogP contribution < -0.4 is 0 Å². The van der Waals surface area contributed by atoms with Crippen LogP contribution >= 0.6 is 11.6 Å². The minimum absolute atomic E-state index is 0.295. The second-order valence-electron chi connectivity index (χ2n) is 2.64. The molecular weight excluding hydrogens is 160 g/mol. The highest BCUT2D eigenvalue weighted by molar-refractivity contribution is 6.17. The first-order chi connectivity index (χ1) is 5.16. The number of halogens is 1. The van der Waals surface area contributed by atoms with Crippen molar-refractivity contribution < 1.29 is 5.11 Å². The van der Waals surface area contributed by atoms with E-state index in [4.69, 9.17) is 11.6 Å². The normalized spacial score (nSPS) is 10.1. The van der Waals surface area contributed by atoms with Gasteiger partial charge in [-0.2, -0.15) is 0 Å². The topological polar surface area (TPSA) is 20.2 Å². The van der Waals surface area contributed by atoms with Gasteiger partial charge in [0.05, 0.1) is 5.88 Å². The van der Waals surface area contributed by atoms with Crippen LogP contribution in [0.3, 0.4) is 0 Å². The average molecular weight is 171 g/mol. The number of benzene rings is 1. The van der Waals surface area contributed by atoms with Crippen LogP contribution in [0.4, 0.5) is 0 Å². The first kappa shape index (κ1) is 8.41. The van der Waals surface area contributed by atoms with Gasteiger partial charge in [-0.25, -0.2) is 0 Å². The van der Waals surface area contributed by atoms with Gasteiger partial charge >= 0.3 is 0 Å². The van der Waals surface area contributed by atoms with Crippen molar-refractivity contribution >= 4 is 11.6 Å². The molecular formula is C9H11ClO. The average Bonchev–Trinajstić information content (AvgIpc) is 1.99. The highest BCUT2D eigenvalue weighted by Gasteiger charge is 2.04. The number of aromatic hydroxyl groups is 1. The second-order valence-corrected chi connectivity index (χ2v) is 2.91. The van der Waals surface area contributed by atoms with Crippen molar-refractivity contribution in [2.24, 2.45) is 0 Å². The van der Waals surface area contributed by atoms with Crippen molar-refractivity contribution in [1.29, 1.82) is 0 Å². The Morgan fingerprint density at radius 2 is 2.00 bits per heavy atom. The maximum absolute atomic E-state index is 9.33. The third-order valence-corrected chi connectivity index (χ3v) is 2.25. The van der Waals surface area contributed by atoms with Crippen molar-refractivity contribution in [1.82, 2.24) is 0 Å². The molecule has 0 bridgehead atoms. The van der Waals surface area contributed by atoms with Gasteiger partial charge in [0, 0.05) is 5.56 Å². The van der Waals surface area contributed by atoms with Crippen LogP contribution in [0.5, 0.6) is 5.75 Å². The van der Waals surface area contributed by atoms with Gasteiger partial charge in [0.2, 0.25) is 0 Å². The van der Waals surface area contributed by atoms with E-state index in [1.54, 1.807) is 6.07 Å². The standard InChI is InChI=1S/C9H11ClO/c1-6-3-4-9(11)8(5-10)7(6)2/h3-4,11H,5H2,1-2H3. The number of hydrogen-bond donors (Lipinski definition) is 1. The molecule has 0 heterocycles. The predicted octanol–water partition coefficient (Wildman–Crippen LogP) is 2.75. The van der Waals surface area contributed by atoms with Gasteiger partial charge in [-0.15, -0.1) is 11.6 Å². The summed E-state index contributed by atoms with van der Waals surface area (Å²) in [5, 5.41) is 9.33. The molecule has 1 N–H and O–H groups in total. The van der Waals surface area contributed by atoms with Crippen molar-refractivity contribution in [3.05, 3.63) is 28.8 Å². The Hall–Kier alpha value is -0.690. The molecule has 0 aliphatic carbocycles. The summed E-state index contributed by atoms with van der Waals surface area (Å²) in [7, 11) is 0. The van der Waals surface area contributed by atoms with Crippen LogP contribution in [0.1, 0.15) is 16.7 Å². The third-order valence-electron chi connectivity index (χ3n) is 1.98. The van der Waals surface area contributed by atoms with Crippen LogP contribution in [0, 0.1) is 13.8 Å². The fourth-order valence-electron chi connectivity index (χ4n) is 1.03. The number of aryl methyl sites for hydroxylation is 1. The zero-order valence-corrected chi connectivity index (χ0v) is 7.44. The van der Waals surface area contributed by atoms with Crippen molar-refractivity contribution in [2.75, 3.05) is 0 Å². The Balaban J connectivity index is 3.29. The summed E-state index contributed by atoms with van der Waals surface area (Å²) >= 11 is 5.65. The molecule has 1 aromatic carbocycles. The first-order valence-electron chi connectivity index (χ1n) is 3.51. The van der Waals surface area contributed by atoms with E-state index in [0.717, 1.165) is 11.1 Å². The minimum Gasteiger partial charge on any atom is -0.508 e. The van der Waals surface area contributed by atoms with Gasteiger partial charge in [-0.3, -0.25) is 0 Å². The SMILES string of the molecule is Cc1ccc(O)c(CCl)c1C. The van der Waals surface area contributed by atoms with E-state index in [0.29, 0.717) is 11.6 Å². The molecule has 0 aliphatic heterocycles. The molecule has 0 saturated carbocycles. The van der Waals surface area contributed by atoms with Crippen molar-refractivity contribution in [3.63, 3.8) is 0 Å². The summed E-state index contributed by atoms with van der Waals surface area (Å²) in [4.78, 5) is 0. The largest absolute Gasteiger partial charge is 0.508 e. The molecule has 0 aliphatic rings. The van der Waals surface area contributed by atoms with Gasteiger partial charge in [-0.05, 0) is 31.0 Å². The van der Waals surface area contributed by atoms with Gasteiger partial charge in [0.25, 0.3) is 0 Å². The number of hydrogen-bond acceptors (Lipinski definition) is 1. The van der Waals surface area contributed by atoms with E-state index in [-0.39, 0.29) is 0 Å². The number of rotatable bonds is 1. The predicted molar refractivity (Wildman–Crippen MR) is 47.1 cm³/mol. The Morgan fingerprint density at radius 1 is 1.36 bits per heavy atom. The van der Waals surface area contributed by atoms with E-state index >= 15 is 0 Å². The molecule has 11 heavy (non-hydrogen) atoms. The second kappa shape index (κ2) is 3.14. The van der Waals surface area contributed by atoms with Crippen LogP contribution in [0.15, 0.2) is 12.1 Å². The molecule has 60 valence electrons. The molecule has 1 aromatic rings. The maximum atomic E-state index is 9.33. The summed E-state index contributed by atoms with van der Waals surface area (Å²) in [6.07, 6.45) is 0. The lowest BCUT2D eigenvalue weighted by Gasteiger charge is -2.07. The summed E-state index contributed by atoms with van der Waals surface area (Å²) in [6, 6.07) is 3.57. The lowest BCUT2D eigenvalue weighted by Crippen LogP contribution is -1.88. The smallest absolute Gasteiger partial charge is 0.120 e. The first-order valence-corrected chi connectivity index (χ1v) is 4.04. The molecule has 2 heteroatoms. The van der Waals surface area contributed by atoms with Gasteiger partial charge < -0.3 is 5.11 Å². The van der Waals surface area contributed by atoms with E-state index in [2.05, 4.69) is 0 Å². The monoisotopic (exact) mass is 170 g/mol. The molecule has 0 fully saturated rings. The van der Waals surface area contributed by atoms with Gasteiger partial charge in [-0.1, -0.05) is 6.07 Å². The fourth-order valence-corrected chi connectivity index (χ4v) is 1.37. The molecule has 0 saturated heterocycles. The summed E-state index contributed by atoms with van der Waals surface area (Å²) < 4.78 is 0. The molecule has 0 atom stereocenters. The molecule has 0 radical (unpaired) electrons. The molecule has 1 rings (SSSR count). The molecule has 0 spiro atoms. The van der Waals surface area contributed by atoms with E-state index in [9.17, 15) is 5.11 Å². The molecule has 0 aromatic heterocycles. The summed E-state index contributed by atoms with van der Waals surface area (Å²) in [5.74, 6) is 0.669. The van der Waals surface area contributed by atoms with Crippen LogP contribution in [0.25, 0.3) is 0 Å². The van der Waals surface area contributed by atoms with Gasteiger partial charge in [0.15, 0.2) is 0 Å². The van der Waals surface area contributed by atoms with Crippen LogP contribution in [0.2, 0.25) is 0 Å². The minimum atomic E-state index is 0.295. The molecule has 0 unspecified atom stereocenters. The fraction of sp³-hybridized carbons (Fsp3) is 0.333. The van der Waals surface area contributed by atoms with Crippen LogP contribution in [-0.2, 0) is 5.88 Å². The lowest BCUT2D eigenvalue weighted by molar-refractivity contribution is 0.469. The number of phenols is 1. The number of alkyl halides is 1. The highest BCUT2D eigenvalue weighted by atomic mass is 35.5. The van der Waals surface area contributed by atoms with Crippen LogP contribution in [-0.4, -0.2) is 5.11 Å². The Kier molecular flexibility index (Phi) is 2.40.